The van der Waals surface area contributed by atoms with E-state index < -0.39 is 0 Å². The highest BCUT2D eigenvalue weighted by atomic mass is 35.5. The number of halogens is 2. The van der Waals surface area contributed by atoms with Crippen LogP contribution in [0, 0.1) is 6.92 Å². The molecule has 27 heavy (non-hydrogen) atoms. The van der Waals surface area contributed by atoms with Crippen LogP contribution < -0.4 is 10.6 Å². The van der Waals surface area contributed by atoms with E-state index in [2.05, 4.69) is 20.8 Å². The Morgan fingerprint density at radius 1 is 1.15 bits per heavy atom. The van der Waals surface area contributed by atoms with Gasteiger partial charge in [0.2, 0.25) is 11.0 Å². The molecule has 0 bridgehead atoms. The maximum absolute atomic E-state index is 12.1. The van der Waals surface area contributed by atoms with Gasteiger partial charge in [-0.1, -0.05) is 64.5 Å². The zero-order chi connectivity index (χ0) is 19.2. The number of carbonyl (C=O) groups excluding carboxylic acids is 1. The van der Waals surface area contributed by atoms with Crippen LogP contribution in [0.25, 0.3) is 0 Å². The Hall–Kier alpha value is -1.80. The lowest BCUT2D eigenvalue weighted by atomic mass is 10.2. The number of thioether (sulfide) groups is 1. The molecular weight excluding hydrogens is 423 g/mol. The van der Waals surface area contributed by atoms with Crippen molar-refractivity contribution in [3.8, 4) is 0 Å². The number of anilines is 3. The lowest BCUT2D eigenvalue weighted by molar-refractivity contribution is -0.115. The third-order valence-corrected chi connectivity index (χ3v) is 6.06. The zero-order valence-corrected chi connectivity index (χ0v) is 17.5. The van der Waals surface area contributed by atoms with E-state index in [1.807, 2.05) is 31.2 Å². The van der Waals surface area contributed by atoms with Crippen molar-refractivity contribution in [1.82, 2.24) is 10.2 Å². The third-order valence-electron chi connectivity index (χ3n) is 3.46. The molecule has 5 nitrogen and oxygen atoms in total. The van der Waals surface area contributed by atoms with Crippen molar-refractivity contribution >= 4 is 68.7 Å². The molecule has 3 rings (SSSR count). The number of hydrogen-bond donors (Lipinski definition) is 2. The summed E-state index contributed by atoms with van der Waals surface area (Å²) < 4.78 is 0.800. The fraction of sp³-hybridized carbons (Fsp3) is 0.167. The Morgan fingerprint density at radius 3 is 2.63 bits per heavy atom. The number of benzene rings is 2. The van der Waals surface area contributed by atoms with E-state index in [4.69, 9.17) is 23.2 Å². The van der Waals surface area contributed by atoms with Gasteiger partial charge in [0.05, 0.1) is 15.7 Å². The average molecular weight is 439 g/mol. The number of nitrogens with zero attached hydrogens (tertiary/aromatic N) is 2. The van der Waals surface area contributed by atoms with Gasteiger partial charge < -0.3 is 10.6 Å². The molecule has 0 spiro atoms. The number of aromatic nitrogens is 2. The minimum Gasteiger partial charge on any atom is -0.330 e. The summed E-state index contributed by atoms with van der Waals surface area (Å²) in [6.45, 7) is 2.04. The first-order valence-corrected chi connectivity index (χ1v) is 10.6. The standard InChI is InChI=1S/C18H16Cl2N4OS2/c1-11-4-2-5-12(10-11)21-17-23-24-18(27-17)26-9-8-15(25)22-16-13(19)6-3-7-14(16)20/h2-7,10H,8-9H2,1H3,(H,21,23)(H,22,25). The van der Waals surface area contributed by atoms with Gasteiger partial charge in [-0.15, -0.1) is 10.2 Å². The molecule has 0 atom stereocenters. The molecular formula is C18H16Cl2N4OS2. The van der Waals surface area contributed by atoms with Crippen LogP contribution in [0.5, 0.6) is 0 Å². The van der Waals surface area contributed by atoms with Gasteiger partial charge in [0.25, 0.3) is 0 Å². The van der Waals surface area contributed by atoms with Crippen LogP contribution in [0.2, 0.25) is 10.0 Å². The minimum atomic E-state index is -0.153. The zero-order valence-electron chi connectivity index (χ0n) is 14.3. The summed E-state index contributed by atoms with van der Waals surface area (Å²) >= 11 is 15.0. The van der Waals surface area contributed by atoms with Gasteiger partial charge in [-0.05, 0) is 36.8 Å². The number of carbonyl (C=O) groups is 1. The quantitative estimate of drug-likeness (QED) is 0.441. The van der Waals surface area contributed by atoms with Crippen LogP contribution in [0.3, 0.4) is 0 Å². The van der Waals surface area contributed by atoms with E-state index in [9.17, 15) is 4.79 Å². The number of hydrogen-bond acceptors (Lipinski definition) is 6. The van der Waals surface area contributed by atoms with E-state index in [0.717, 1.165) is 15.2 Å². The summed E-state index contributed by atoms with van der Waals surface area (Å²) in [5.41, 5.74) is 2.58. The average Bonchev–Trinajstić information content (AvgIpc) is 3.05. The molecule has 140 valence electrons. The fourth-order valence-corrected chi connectivity index (χ4v) is 4.49. The summed E-state index contributed by atoms with van der Waals surface area (Å²) in [6.07, 6.45) is 0.312. The van der Waals surface area contributed by atoms with Crippen LogP contribution in [-0.2, 0) is 4.79 Å². The van der Waals surface area contributed by atoms with Gasteiger partial charge in [-0.2, -0.15) is 0 Å². The number of amides is 1. The van der Waals surface area contributed by atoms with Crippen LogP contribution in [-0.4, -0.2) is 21.9 Å². The van der Waals surface area contributed by atoms with Crippen molar-refractivity contribution in [2.45, 2.75) is 17.7 Å². The second kappa shape index (κ2) is 9.41. The molecule has 0 aliphatic carbocycles. The molecule has 9 heteroatoms. The molecule has 0 saturated heterocycles. The molecule has 3 aromatic rings. The second-order valence-corrected chi connectivity index (χ2v) is 8.74. The molecule has 0 fully saturated rings. The normalized spacial score (nSPS) is 10.6. The fourth-order valence-electron chi connectivity index (χ4n) is 2.22. The highest BCUT2D eigenvalue weighted by molar-refractivity contribution is 8.01. The summed E-state index contributed by atoms with van der Waals surface area (Å²) in [4.78, 5) is 12.1. The van der Waals surface area contributed by atoms with Gasteiger partial charge in [0.15, 0.2) is 4.34 Å². The first kappa shape index (κ1) is 19.9. The summed E-state index contributed by atoms with van der Waals surface area (Å²) in [5.74, 6) is 0.424. The van der Waals surface area contributed by atoms with Crippen molar-refractivity contribution in [1.29, 1.82) is 0 Å². The first-order chi connectivity index (χ1) is 13.0. The van der Waals surface area contributed by atoms with E-state index >= 15 is 0 Å². The van der Waals surface area contributed by atoms with Crippen molar-refractivity contribution < 1.29 is 4.79 Å². The van der Waals surface area contributed by atoms with Crippen LogP contribution >= 0.6 is 46.3 Å². The van der Waals surface area contributed by atoms with Crippen molar-refractivity contribution in [3.63, 3.8) is 0 Å². The molecule has 0 aliphatic rings. The predicted molar refractivity (Wildman–Crippen MR) is 115 cm³/mol. The van der Waals surface area contributed by atoms with Crippen LogP contribution in [0.1, 0.15) is 12.0 Å². The molecule has 0 radical (unpaired) electrons. The SMILES string of the molecule is Cc1cccc(Nc2nnc(SCCC(=O)Nc3c(Cl)cccc3Cl)s2)c1. The number of nitrogens with one attached hydrogen (secondary N) is 2. The Labute approximate surface area is 175 Å². The van der Waals surface area contributed by atoms with Crippen molar-refractivity contribution in [2.24, 2.45) is 0 Å². The van der Waals surface area contributed by atoms with Gasteiger partial charge in [-0.3, -0.25) is 4.79 Å². The number of rotatable bonds is 7. The molecule has 1 heterocycles. The maximum Gasteiger partial charge on any atom is 0.225 e. The maximum atomic E-state index is 12.1. The molecule has 1 aromatic heterocycles. The largest absolute Gasteiger partial charge is 0.330 e. The molecule has 0 saturated carbocycles. The van der Waals surface area contributed by atoms with E-state index in [0.29, 0.717) is 27.9 Å². The van der Waals surface area contributed by atoms with Gasteiger partial charge in [0, 0.05) is 17.9 Å². The minimum absolute atomic E-state index is 0.153. The van der Waals surface area contributed by atoms with Gasteiger partial charge in [-0.25, -0.2) is 0 Å². The van der Waals surface area contributed by atoms with E-state index in [1.165, 1.54) is 28.7 Å². The Bertz CT molecular complexity index is 928. The molecule has 2 aromatic carbocycles. The third kappa shape index (κ3) is 5.84. The monoisotopic (exact) mass is 438 g/mol. The van der Waals surface area contributed by atoms with Gasteiger partial charge in [0.1, 0.15) is 0 Å². The lowest BCUT2D eigenvalue weighted by Gasteiger charge is -2.08. The summed E-state index contributed by atoms with van der Waals surface area (Å²) in [5, 5.41) is 15.8. The summed E-state index contributed by atoms with van der Waals surface area (Å²) in [6, 6.07) is 13.1. The van der Waals surface area contributed by atoms with E-state index in [1.54, 1.807) is 18.2 Å². The summed E-state index contributed by atoms with van der Waals surface area (Å²) in [7, 11) is 0. The highest BCUT2D eigenvalue weighted by Gasteiger charge is 2.11. The Morgan fingerprint density at radius 2 is 1.89 bits per heavy atom. The predicted octanol–water partition coefficient (Wildman–Crippen LogP) is 6.02. The Balaban J connectivity index is 1.48. The molecule has 0 unspecified atom stereocenters. The molecule has 2 N–H and O–H groups in total. The van der Waals surface area contributed by atoms with Crippen molar-refractivity contribution in [3.05, 3.63) is 58.1 Å². The second-order valence-electron chi connectivity index (χ2n) is 5.61. The smallest absolute Gasteiger partial charge is 0.225 e. The van der Waals surface area contributed by atoms with E-state index in [-0.39, 0.29) is 5.91 Å². The first-order valence-electron chi connectivity index (χ1n) is 8.05. The number of aryl methyl sites for hydroxylation is 1. The van der Waals surface area contributed by atoms with Crippen molar-refractivity contribution in [2.75, 3.05) is 16.4 Å². The highest BCUT2D eigenvalue weighted by Crippen LogP contribution is 2.31. The molecule has 1 amide bonds. The lowest BCUT2D eigenvalue weighted by Crippen LogP contribution is -2.12. The number of para-hydroxylation sites is 1. The van der Waals surface area contributed by atoms with Gasteiger partial charge >= 0.3 is 0 Å². The molecule has 0 aliphatic heterocycles. The topological polar surface area (TPSA) is 66.9 Å². The van der Waals surface area contributed by atoms with Crippen LogP contribution in [0.4, 0.5) is 16.5 Å². The van der Waals surface area contributed by atoms with Crippen LogP contribution in [0.15, 0.2) is 46.8 Å². The Kier molecular flexibility index (Phi) is 6.95.